The molecule has 122 valence electrons. The molecule has 3 nitrogen and oxygen atoms in total. The maximum absolute atomic E-state index is 14.0. The van der Waals surface area contributed by atoms with E-state index >= 15 is 0 Å². The summed E-state index contributed by atoms with van der Waals surface area (Å²) in [6, 6.07) is 12.7. The van der Waals surface area contributed by atoms with Crippen LogP contribution < -0.4 is 11.1 Å². The molecule has 0 radical (unpaired) electrons. The van der Waals surface area contributed by atoms with E-state index in [1.54, 1.807) is 18.3 Å². The number of nitrogens with two attached hydrogens (primary N) is 1. The molecule has 3 aromatic rings. The predicted molar refractivity (Wildman–Crippen MR) is 100 cm³/mol. The summed E-state index contributed by atoms with van der Waals surface area (Å²) in [5.41, 5.74) is 11.0. The summed E-state index contributed by atoms with van der Waals surface area (Å²) in [5, 5.41) is 3.12. The number of nitrogens with zero attached hydrogens (tertiary/aromatic N) is 1. The van der Waals surface area contributed by atoms with Gasteiger partial charge in [0.2, 0.25) is 0 Å². The van der Waals surface area contributed by atoms with Crippen molar-refractivity contribution in [2.75, 3.05) is 11.1 Å². The van der Waals surface area contributed by atoms with Crippen molar-refractivity contribution in [2.45, 2.75) is 13.3 Å². The van der Waals surface area contributed by atoms with E-state index in [0.29, 0.717) is 10.2 Å². The molecule has 0 saturated carbocycles. The molecule has 0 unspecified atom stereocenters. The second kappa shape index (κ2) is 7.01. The van der Waals surface area contributed by atoms with Crippen molar-refractivity contribution in [3.63, 3.8) is 0 Å². The molecular weight excluding hydrogens is 369 g/mol. The summed E-state index contributed by atoms with van der Waals surface area (Å²) >= 11 is 3.26. The van der Waals surface area contributed by atoms with Crippen molar-refractivity contribution in [3.05, 3.63) is 81.8 Å². The molecule has 0 aliphatic heterocycles. The van der Waals surface area contributed by atoms with Crippen molar-refractivity contribution in [2.24, 2.45) is 0 Å². The van der Waals surface area contributed by atoms with Crippen molar-refractivity contribution in [1.82, 2.24) is 4.98 Å². The molecule has 0 aliphatic carbocycles. The fraction of sp³-hybridized carbons (Fsp3) is 0.105. The second-order valence-corrected chi connectivity index (χ2v) is 6.56. The maximum atomic E-state index is 14.0. The van der Waals surface area contributed by atoms with Gasteiger partial charge in [0.1, 0.15) is 5.82 Å². The lowest BCUT2D eigenvalue weighted by Crippen LogP contribution is -2.01. The number of hydrogen-bond donors (Lipinski definition) is 2. The van der Waals surface area contributed by atoms with E-state index in [4.69, 9.17) is 5.73 Å². The van der Waals surface area contributed by atoms with Crippen LogP contribution in [0.5, 0.6) is 0 Å². The summed E-state index contributed by atoms with van der Waals surface area (Å²) < 4.78 is 14.7. The molecule has 0 atom stereocenters. The van der Waals surface area contributed by atoms with Crippen LogP contribution in [0.15, 0.2) is 59.3 Å². The highest BCUT2D eigenvalue weighted by Gasteiger charge is 2.09. The van der Waals surface area contributed by atoms with Crippen LogP contribution in [0.1, 0.15) is 16.7 Å². The Kier molecular flexibility index (Phi) is 4.81. The quantitative estimate of drug-likeness (QED) is 0.606. The van der Waals surface area contributed by atoms with Crippen molar-refractivity contribution in [1.29, 1.82) is 0 Å². The Labute approximate surface area is 148 Å². The topological polar surface area (TPSA) is 50.9 Å². The normalized spacial score (nSPS) is 10.6. The Morgan fingerprint density at radius 1 is 1.12 bits per heavy atom. The number of benzene rings is 2. The first-order valence-corrected chi connectivity index (χ1v) is 8.32. The molecule has 0 bridgehead atoms. The van der Waals surface area contributed by atoms with Crippen LogP contribution in [0.4, 0.5) is 21.5 Å². The highest BCUT2D eigenvalue weighted by molar-refractivity contribution is 9.10. The Balaban J connectivity index is 1.88. The van der Waals surface area contributed by atoms with E-state index in [2.05, 4.69) is 26.2 Å². The minimum atomic E-state index is -0.315. The van der Waals surface area contributed by atoms with E-state index < -0.39 is 0 Å². The Hall–Kier alpha value is -2.40. The highest BCUT2D eigenvalue weighted by Crippen LogP contribution is 2.27. The molecule has 1 aromatic heterocycles. The van der Waals surface area contributed by atoms with Crippen LogP contribution in [0.3, 0.4) is 0 Å². The number of hydrogen-bond acceptors (Lipinski definition) is 3. The minimum Gasteiger partial charge on any atom is -0.399 e. The lowest BCUT2D eigenvalue weighted by atomic mass is 10.0. The van der Waals surface area contributed by atoms with Gasteiger partial charge in [0.15, 0.2) is 0 Å². The van der Waals surface area contributed by atoms with Crippen LogP contribution in [-0.2, 0) is 6.42 Å². The van der Waals surface area contributed by atoms with E-state index in [1.807, 2.05) is 37.4 Å². The number of nitrogens with one attached hydrogen (secondary N) is 1. The molecule has 3 rings (SSSR count). The zero-order chi connectivity index (χ0) is 17.1. The third-order valence-electron chi connectivity index (χ3n) is 3.87. The molecule has 0 aliphatic rings. The van der Waals surface area contributed by atoms with Gasteiger partial charge in [0, 0.05) is 16.4 Å². The molecule has 2 aromatic carbocycles. The van der Waals surface area contributed by atoms with Gasteiger partial charge in [-0.3, -0.25) is 4.98 Å². The summed E-state index contributed by atoms with van der Waals surface area (Å²) in [4.78, 5) is 4.28. The fourth-order valence-corrected chi connectivity index (χ4v) is 2.86. The molecule has 0 amide bonds. The molecule has 24 heavy (non-hydrogen) atoms. The van der Waals surface area contributed by atoms with Gasteiger partial charge in [-0.25, -0.2) is 4.39 Å². The predicted octanol–water partition coefficient (Wildman–Crippen LogP) is 5.21. The molecule has 3 N–H and O–H groups in total. The zero-order valence-electron chi connectivity index (χ0n) is 13.2. The molecule has 0 fully saturated rings. The van der Waals surface area contributed by atoms with Gasteiger partial charge >= 0.3 is 0 Å². The van der Waals surface area contributed by atoms with Gasteiger partial charge in [-0.1, -0.05) is 28.1 Å². The van der Waals surface area contributed by atoms with Crippen LogP contribution >= 0.6 is 15.9 Å². The van der Waals surface area contributed by atoms with E-state index in [0.717, 1.165) is 34.5 Å². The summed E-state index contributed by atoms with van der Waals surface area (Å²) in [6.45, 7) is 2.00. The number of aromatic nitrogens is 1. The Morgan fingerprint density at radius 3 is 2.71 bits per heavy atom. The van der Waals surface area contributed by atoms with Gasteiger partial charge in [0.05, 0.1) is 17.6 Å². The monoisotopic (exact) mass is 385 g/mol. The molecular formula is C19H17BrFN3. The van der Waals surface area contributed by atoms with E-state index in [1.165, 1.54) is 6.07 Å². The van der Waals surface area contributed by atoms with E-state index in [-0.39, 0.29) is 5.82 Å². The van der Waals surface area contributed by atoms with Gasteiger partial charge in [-0.05, 0) is 60.4 Å². The third kappa shape index (κ3) is 3.74. The standard InChI is InChI=1S/C19H17BrFN3/c1-12-14(7-13-3-2-4-16(22)8-13)10-23-11-19(12)24-18-6-5-15(20)9-17(18)21/h2-6,8-11,24H,7,22H2,1H3. The first-order chi connectivity index (χ1) is 11.5. The Morgan fingerprint density at radius 2 is 1.96 bits per heavy atom. The highest BCUT2D eigenvalue weighted by atomic mass is 79.9. The average Bonchev–Trinajstić information content (AvgIpc) is 2.54. The minimum absolute atomic E-state index is 0.315. The van der Waals surface area contributed by atoms with Gasteiger partial charge < -0.3 is 11.1 Å². The smallest absolute Gasteiger partial charge is 0.147 e. The zero-order valence-corrected chi connectivity index (χ0v) is 14.8. The molecule has 1 heterocycles. The van der Waals surface area contributed by atoms with Crippen LogP contribution in [0.2, 0.25) is 0 Å². The lowest BCUT2D eigenvalue weighted by molar-refractivity contribution is 0.631. The van der Waals surface area contributed by atoms with Crippen molar-refractivity contribution in [3.8, 4) is 0 Å². The average molecular weight is 386 g/mol. The number of anilines is 3. The SMILES string of the molecule is Cc1c(Cc2cccc(N)c2)cncc1Nc1ccc(Br)cc1F. The summed E-state index contributed by atoms with van der Waals surface area (Å²) in [6.07, 6.45) is 4.27. The van der Waals surface area contributed by atoms with Crippen LogP contribution in [0.25, 0.3) is 0 Å². The fourth-order valence-electron chi connectivity index (χ4n) is 2.53. The molecule has 0 spiro atoms. The summed E-state index contributed by atoms with van der Waals surface area (Å²) in [5.74, 6) is -0.315. The lowest BCUT2D eigenvalue weighted by Gasteiger charge is -2.14. The second-order valence-electron chi connectivity index (χ2n) is 5.64. The van der Waals surface area contributed by atoms with Gasteiger partial charge in [-0.15, -0.1) is 0 Å². The number of pyridine rings is 1. The first-order valence-electron chi connectivity index (χ1n) is 7.53. The van der Waals surface area contributed by atoms with Crippen LogP contribution in [0, 0.1) is 12.7 Å². The number of halogens is 2. The van der Waals surface area contributed by atoms with Crippen molar-refractivity contribution < 1.29 is 4.39 Å². The van der Waals surface area contributed by atoms with Crippen LogP contribution in [-0.4, -0.2) is 4.98 Å². The molecule has 5 heteroatoms. The summed E-state index contributed by atoms with van der Waals surface area (Å²) in [7, 11) is 0. The third-order valence-corrected chi connectivity index (χ3v) is 4.36. The Bertz CT molecular complexity index is 880. The molecule has 0 saturated heterocycles. The largest absolute Gasteiger partial charge is 0.399 e. The number of rotatable bonds is 4. The maximum Gasteiger partial charge on any atom is 0.147 e. The first kappa shape index (κ1) is 16.5. The van der Waals surface area contributed by atoms with E-state index in [9.17, 15) is 4.39 Å². The van der Waals surface area contributed by atoms with Gasteiger partial charge in [-0.2, -0.15) is 0 Å². The van der Waals surface area contributed by atoms with Crippen molar-refractivity contribution >= 4 is 33.0 Å². The number of nitrogen functional groups attached to an aromatic ring is 1. The van der Waals surface area contributed by atoms with Gasteiger partial charge in [0.25, 0.3) is 0 Å².